The summed E-state index contributed by atoms with van der Waals surface area (Å²) >= 11 is 6.07. The smallest absolute Gasteiger partial charge is 0.332 e. The van der Waals surface area contributed by atoms with Gasteiger partial charge in [-0.2, -0.15) is 0 Å². The van der Waals surface area contributed by atoms with Gasteiger partial charge >= 0.3 is 17.7 Å². The van der Waals surface area contributed by atoms with Gasteiger partial charge in [-0.1, -0.05) is 41.9 Å². The van der Waals surface area contributed by atoms with Gasteiger partial charge in [0.1, 0.15) is 18.9 Å². The number of urea groups is 1. The van der Waals surface area contributed by atoms with Gasteiger partial charge < -0.3 is 20.2 Å². The van der Waals surface area contributed by atoms with E-state index < -0.39 is 42.0 Å². The summed E-state index contributed by atoms with van der Waals surface area (Å²) in [7, 11) is 0. The topological polar surface area (TPSA) is 134 Å². The first-order chi connectivity index (χ1) is 19.6. The fourth-order valence-corrected chi connectivity index (χ4v) is 5.58. The number of fused-ring (bicyclic) bond motifs is 1. The van der Waals surface area contributed by atoms with Crippen LogP contribution in [0, 0.1) is 5.82 Å². The number of para-hydroxylation sites is 1. The van der Waals surface area contributed by atoms with Crippen molar-refractivity contribution >= 4 is 35.2 Å². The standard InChI is InChI=1S/C28H27ClFN5O6/c29-25-19(5-3-6-21(25)30)20-14-33(28(41)35(26(20)39)16-24(37)38)15-23(36)32-11-9-18(10-12-32)34-13-8-17-4-1-2-7-22(17)31-27(34)40/h1-7,14,18H,8-13,15-16H2,(H,31,40)(H,37,38). The summed E-state index contributed by atoms with van der Waals surface area (Å²) in [4.78, 5) is 66.9. The number of amides is 3. The molecule has 11 nitrogen and oxygen atoms in total. The molecule has 2 aliphatic heterocycles. The molecule has 13 heteroatoms. The Morgan fingerprint density at radius 2 is 1.71 bits per heavy atom. The number of likely N-dealkylation sites (tertiary alicyclic amines) is 1. The lowest BCUT2D eigenvalue weighted by Gasteiger charge is -2.38. The average molecular weight is 584 g/mol. The van der Waals surface area contributed by atoms with Crippen molar-refractivity contribution < 1.29 is 23.9 Å². The van der Waals surface area contributed by atoms with Crippen molar-refractivity contribution in [3.05, 3.63) is 85.9 Å². The first-order valence-electron chi connectivity index (χ1n) is 13.1. The number of halogens is 2. The predicted molar refractivity (Wildman–Crippen MR) is 148 cm³/mol. The number of nitrogens with zero attached hydrogens (tertiary/aromatic N) is 4. The number of benzene rings is 2. The molecule has 1 saturated heterocycles. The van der Waals surface area contributed by atoms with Crippen molar-refractivity contribution in [1.29, 1.82) is 0 Å². The van der Waals surface area contributed by atoms with Crippen molar-refractivity contribution in [2.75, 3.05) is 25.0 Å². The van der Waals surface area contributed by atoms with E-state index in [4.69, 9.17) is 11.6 Å². The van der Waals surface area contributed by atoms with Crippen LogP contribution < -0.4 is 16.6 Å². The molecule has 3 heterocycles. The molecule has 0 aliphatic carbocycles. The molecule has 2 N–H and O–H groups in total. The minimum atomic E-state index is -1.44. The normalized spacial score (nSPS) is 15.7. The number of hydrogen-bond acceptors (Lipinski definition) is 5. The van der Waals surface area contributed by atoms with Crippen molar-refractivity contribution in [2.24, 2.45) is 0 Å². The molecule has 0 spiro atoms. The molecule has 2 aromatic carbocycles. The number of hydrogen-bond donors (Lipinski definition) is 2. The van der Waals surface area contributed by atoms with Crippen molar-refractivity contribution in [2.45, 2.75) is 38.4 Å². The first kappa shape index (κ1) is 28.1. The van der Waals surface area contributed by atoms with Crippen LogP contribution in [-0.2, 0) is 29.1 Å². The first-order valence-corrected chi connectivity index (χ1v) is 13.5. The van der Waals surface area contributed by atoms with E-state index in [9.17, 15) is 33.5 Å². The van der Waals surface area contributed by atoms with Crippen LogP contribution in [0.1, 0.15) is 18.4 Å². The van der Waals surface area contributed by atoms with Gasteiger partial charge in [0.05, 0.1) is 10.6 Å². The number of piperidine rings is 1. The molecule has 3 aromatic rings. The molecule has 0 atom stereocenters. The molecule has 2 aliphatic rings. The minimum absolute atomic E-state index is 0.0318. The molecule has 0 unspecified atom stereocenters. The van der Waals surface area contributed by atoms with Crippen molar-refractivity contribution in [1.82, 2.24) is 18.9 Å². The van der Waals surface area contributed by atoms with Gasteiger partial charge in [0.2, 0.25) is 5.91 Å². The van der Waals surface area contributed by atoms with E-state index in [0.717, 1.165) is 28.1 Å². The number of carboxylic acid groups (broad SMARTS) is 1. The van der Waals surface area contributed by atoms with E-state index in [1.165, 1.54) is 12.1 Å². The van der Waals surface area contributed by atoms with Crippen LogP contribution in [0.2, 0.25) is 5.02 Å². The van der Waals surface area contributed by atoms with Crippen molar-refractivity contribution in [3.63, 3.8) is 0 Å². The zero-order valence-corrected chi connectivity index (χ0v) is 22.6. The summed E-state index contributed by atoms with van der Waals surface area (Å²) in [6, 6.07) is 11.2. The minimum Gasteiger partial charge on any atom is -0.480 e. The second-order valence-corrected chi connectivity index (χ2v) is 10.4. The fraction of sp³-hybridized carbons (Fsp3) is 0.321. The number of anilines is 1. The Bertz CT molecular complexity index is 1650. The van der Waals surface area contributed by atoms with Crippen LogP contribution >= 0.6 is 11.6 Å². The second-order valence-electron chi connectivity index (χ2n) is 9.98. The lowest BCUT2D eigenvalue weighted by Crippen LogP contribution is -2.51. The summed E-state index contributed by atoms with van der Waals surface area (Å²) in [6.45, 7) is -0.186. The SMILES string of the molecule is O=C(O)Cn1c(=O)c(-c2cccc(F)c2Cl)cn(CC(=O)N2CCC(N3CCc4ccccc4NC3=O)CC2)c1=O. The van der Waals surface area contributed by atoms with Gasteiger partial charge in [-0.25, -0.2) is 18.5 Å². The van der Waals surface area contributed by atoms with Crippen LogP contribution in [0.3, 0.4) is 0 Å². The van der Waals surface area contributed by atoms with Gasteiger partial charge in [0, 0.05) is 43.1 Å². The molecule has 1 aromatic heterocycles. The maximum Gasteiger partial charge on any atom is 0.332 e. The summed E-state index contributed by atoms with van der Waals surface area (Å²) in [6.07, 6.45) is 2.88. The molecule has 0 bridgehead atoms. The largest absolute Gasteiger partial charge is 0.480 e. The molecule has 0 saturated carbocycles. The van der Waals surface area contributed by atoms with Crippen LogP contribution in [-0.4, -0.2) is 67.6 Å². The Morgan fingerprint density at radius 1 is 0.976 bits per heavy atom. The third-order valence-electron chi connectivity index (χ3n) is 7.48. The van der Waals surface area contributed by atoms with Gasteiger partial charge in [0.15, 0.2) is 0 Å². The molecule has 214 valence electrons. The molecule has 1 fully saturated rings. The van der Waals surface area contributed by atoms with Crippen LogP contribution in [0.15, 0.2) is 58.3 Å². The van der Waals surface area contributed by atoms with E-state index in [-0.39, 0.29) is 28.2 Å². The monoisotopic (exact) mass is 583 g/mol. The third kappa shape index (κ3) is 5.73. The highest BCUT2D eigenvalue weighted by molar-refractivity contribution is 6.33. The number of rotatable bonds is 6. The summed E-state index contributed by atoms with van der Waals surface area (Å²) < 4.78 is 15.5. The number of carbonyl (C=O) groups is 3. The Hall–Kier alpha value is -4.45. The maximum absolute atomic E-state index is 14.1. The molecular weight excluding hydrogens is 557 g/mol. The highest BCUT2D eigenvalue weighted by atomic mass is 35.5. The number of carbonyl (C=O) groups excluding carboxylic acids is 2. The molecule has 0 radical (unpaired) electrons. The zero-order chi connectivity index (χ0) is 29.3. The lowest BCUT2D eigenvalue weighted by atomic mass is 10.0. The van der Waals surface area contributed by atoms with Crippen LogP contribution in [0.4, 0.5) is 14.9 Å². The average Bonchev–Trinajstić information content (AvgIpc) is 3.12. The van der Waals surface area contributed by atoms with E-state index in [1.54, 1.807) is 9.80 Å². The van der Waals surface area contributed by atoms with Gasteiger partial charge in [-0.05, 0) is 37.0 Å². The highest BCUT2D eigenvalue weighted by Gasteiger charge is 2.31. The quantitative estimate of drug-likeness (QED) is 0.458. The Balaban J connectivity index is 1.33. The second kappa shape index (κ2) is 11.6. The van der Waals surface area contributed by atoms with E-state index in [0.29, 0.717) is 43.5 Å². The Morgan fingerprint density at radius 3 is 2.44 bits per heavy atom. The predicted octanol–water partition coefficient (Wildman–Crippen LogP) is 2.64. The number of carboxylic acids is 1. The summed E-state index contributed by atoms with van der Waals surface area (Å²) in [5, 5.41) is 11.9. The Labute approximate surface area is 238 Å². The molecule has 41 heavy (non-hydrogen) atoms. The molecule has 5 rings (SSSR count). The molecule has 3 amide bonds. The zero-order valence-electron chi connectivity index (χ0n) is 21.9. The highest BCUT2D eigenvalue weighted by Crippen LogP contribution is 2.28. The van der Waals surface area contributed by atoms with Gasteiger partial charge in [-0.3, -0.25) is 19.0 Å². The maximum atomic E-state index is 14.1. The number of nitrogens with one attached hydrogen (secondary N) is 1. The van der Waals surface area contributed by atoms with Crippen LogP contribution in [0.25, 0.3) is 11.1 Å². The van der Waals surface area contributed by atoms with Crippen LogP contribution in [0.5, 0.6) is 0 Å². The fourth-order valence-electron chi connectivity index (χ4n) is 5.35. The summed E-state index contributed by atoms with van der Waals surface area (Å²) in [5.74, 6) is -2.66. The third-order valence-corrected chi connectivity index (χ3v) is 7.86. The van der Waals surface area contributed by atoms with Gasteiger partial charge in [0.25, 0.3) is 5.56 Å². The van der Waals surface area contributed by atoms with Crippen molar-refractivity contribution in [3.8, 4) is 11.1 Å². The lowest BCUT2D eigenvalue weighted by molar-refractivity contribution is -0.137. The molecular formula is C28H27ClFN5O6. The van der Waals surface area contributed by atoms with Gasteiger partial charge in [-0.15, -0.1) is 0 Å². The van der Waals surface area contributed by atoms with E-state index >= 15 is 0 Å². The Kier molecular flexibility index (Phi) is 7.93. The van der Waals surface area contributed by atoms with E-state index in [1.807, 2.05) is 24.3 Å². The van der Waals surface area contributed by atoms with E-state index in [2.05, 4.69) is 5.32 Å². The summed E-state index contributed by atoms with van der Waals surface area (Å²) in [5.41, 5.74) is -0.346. The number of aliphatic carboxylic acids is 1. The number of aromatic nitrogens is 2.